The highest BCUT2D eigenvalue weighted by Gasteiger charge is 2.14. The van der Waals surface area contributed by atoms with Crippen LogP contribution in [0.15, 0.2) is 59.3 Å². The summed E-state index contributed by atoms with van der Waals surface area (Å²) in [5.74, 6) is -0.209. The number of hydrogen-bond donors (Lipinski definition) is 2. The van der Waals surface area contributed by atoms with E-state index in [9.17, 15) is 4.79 Å². The normalized spacial score (nSPS) is 10.6. The average Bonchev–Trinajstić information content (AvgIpc) is 3.11. The molecule has 0 unspecified atom stereocenters. The van der Waals surface area contributed by atoms with Gasteiger partial charge in [0.05, 0.1) is 7.11 Å². The van der Waals surface area contributed by atoms with Crippen molar-refractivity contribution < 1.29 is 19.2 Å². The lowest BCUT2D eigenvalue weighted by molar-refractivity contribution is 0.0695. The van der Waals surface area contributed by atoms with E-state index in [0.717, 1.165) is 28.7 Å². The summed E-state index contributed by atoms with van der Waals surface area (Å²) in [5, 5.41) is 15.9. The molecule has 0 fully saturated rings. The Morgan fingerprint density at radius 2 is 1.92 bits per heavy atom. The van der Waals surface area contributed by atoms with Gasteiger partial charge in [-0.2, -0.15) is 0 Å². The third kappa shape index (κ3) is 3.87. The van der Waals surface area contributed by atoms with E-state index in [2.05, 4.69) is 10.5 Å². The standard InChI is InChI=1S/C19H18N2O4/c1-24-18-5-3-2-4-15(18)14-8-6-13(7-9-14)10-20-11-17-16(19(22)23)12-25-21-17/h2-9,12,20H,10-11H2,1H3,(H,22,23). The molecule has 0 spiro atoms. The molecule has 25 heavy (non-hydrogen) atoms. The predicted molar refractivity (Wildman–Crippen MR) is 92.4 cm³/mol. The highest BCUT2D eigenvalue weighted by Crippen LogP contribution is 2.29. The number of aromatic carboxylic acids is 1. The average molecular weight is 338 g/mol. The SMILES string of the molecule is COc1ccccc1-c1ccc(CNCc2nocc2C(=O)O)cc1. The van der Waals surface area contributed by atoms with Gasteiger partial charge in [0.25, 0.3) is 0 Å². The van der Waals surface area contributed by atoms with Gasteiger partial charge in [-0.15, -0.1) is 0 Å². The van der Waals surface area contributed by atoms with Crippen molar-refractivity contribution in [3.05, 3.63) is 71.6 Å². The molecule has 2 aromatic carbocycles. The predicted octanol–water partition coefficient (Wildman–Crippen LogP) is 3.34. The molecule has 0 amide bonds. The molecule has 2 N–H and O–H groups in total. The summed E-state index contributed by atoms with van der Waals surface area (Å²) in [5.41, 5.74) is 3.67. The number of ether oxygens (including phenoxy) is 1. The van der Waals surface area contributed by atoms with E-state index in [1.165, 1.54) is 0 Å². The van der Waals surface area contributed by atoms with Crippen LogP contribution in [0.3, 0.4) is 0 Å². The fraction of sp³-hybridized carbons (Fsp3) is 0.158. The van der Waals surface area contributed by atoms with E-state index >= 15 is 0 Å². The molecule has 3 rings (SSSR count). The molecule has 1 aromatic heterocycles. The fourth-order valence-electron chi connectivity index (χ4n) is 2.57. The summed E-state index contributed by atoms with van der Waals surface area (Å²) in [6, 6.07) is 16.0. The Kier molecular flexibility index (Phi) is 5.11. The summed E-state index contributed by atoms with van der Waals surface area (Å²) in [4.78, 5) is 11.0. The van der Waals surface area contributed by atoms with Gasteiger partial charge in [-0.25, -0.2) is 4.79 Å². The first-order valence-electron chi connectivity index (χ1n) is 7.78. The van der Waals surface area contributed by atoms with Gasteiger partial charge in [-0.3, -0.25) is 0 Å². The maximum absolute atomic E-state index is 11.0. The van der Waals surface area contributed by atoms with Crippen LogP contribution in [-0.2, 0) is 13.1 Å². The molecule has 1 heterocycles. The zero-order chi connectivity index (χ0) is 17.6. The van der Waals surface area contributed by atoms with Crippen molar-refractivity contribution in [3.8, 4) is 16.9 Å². The molecule has 3 aromatic rings. The minimum atomic E-state index is -1.04. The molecule has 6 heteroatoms. The lowest BCUT2D eigenvalue weighted by Gasteiger charge is -2.09. The number of rotatable bonds is 7. The first-order valence-corrected chi connectivity index (χ1v) is 7.78. The minimum Gasteiger partial charge on any atom is -0.496 e. The van der Waals surface area contributed by atoms with Crippen LogP contribution >= 0.6 is 0 Å². The monoisotopic (exact) mass is 338 g/mol. The van der Waals surface area contributed by atoms with E-state index in [-0.39, 0.29) is 5.56 Å². The molecular weight excluding hydrogens is 320 g/mol. The Hall–Kier alpha value is -3.12. The maximum atomic E-state index is 11.0. The van der Waals surface area contributed by atoms with E-state index < -0.39 is 5.97 Å². The molecule has 0 bridgehead atoms. The lowest BCUT2D eigenvalue weighted by atomic mass is 10.0. The van der Waals surface area contributed by atoms with E-state index in [4.69, 9.17) is 14.4 Å². The third-order valence-electron chi connectivity index (χ3n) is 3.87. The molecule has 0 radical (unpaired) electrons. The summed E-state index contributed by atoms with van der Waals surface area (Å²) in [6.45, 7) is 0.921. The van der Waals surface area contributed by atoms with Crippen LogP contribution in [-0.4, -0.2) is 23.3 Å². The molecule has 0 saturated heterocycles. The fourth-order valence-corrected chi connectivity index (χ4v) is 2.57. The topological polar surface area (TPSA) is 84.6 Å². The number of nitrogens with one attached hydrogen (secondary N) is 1. The van der Waals surface area contributed by atoms with Crippen molar-refractivity contribution >= 4 is 5.97 Å². The molecule has 0 aliphatic carbocycles. The van der Waals surface area contributed by atoms with Crippen LogP contribution in [0.2, 0.25) is 0 Å². The molecular formula is C19H18N2O4. The van der Waals surface area contributed by atoms with Crippen molar-refractivity contribution in [1.29, 1.82) is 0 Å². The Balaban J connectivity index is 1.63. The second-order valence-corrected chi connectivity index (χ2v) is 5.48. The number of aromatic nitrogens is 1. The van der Waals surface area contributed by atoms with Crippen molar-refractivity contribution in [1.82, 2.24) is 10.5 Å². The molecule has 128 valence electrons. The van der Waals surface area contributed by atoms with Gasteiger partial charge < -0.3 is 19.7 Å². The van der Waals surface area contributed by atoms with Crippen molar-refractivity contribution in [2.24, 2.45) is 0 Å². The van der Waals surface area contributed by atoms with Gasteiger partial charge in [0.2, 0.25) is 0 Å². The van der Waals surface area contributed by atoms with E-state index in [1.807, 2.05) is 48.5 Å². The number of methoxy groups -OCH3 is 1. The van der Waals surface area contributed by atoms with Crippen LogP contribution in [0.25, 0.3) is 11.1 Å². The Bertz CT molecular complexity index is 856. The number of nitrogens with zero attached hydrogens (tertiary/aromatic N) is 1. The summed E-state index contributed by atoms with van der Waals surface area (Å²) < 4.78 is 10.1. The first-order chi connectivity index (χ1) is 12.2. The number of para-hydroxylation sites is 1. The molecule has 0 aliphatic rings. The number of carbonyl (C=O) groups is 1. The molecule has 0 atom stereocenters. The van der Waals surface area contributed by atoms with Crippen molar-refractivity contribution in [2.45, 2.75) is 13.1 Å². The van der Waals surface area contributed by atoms with Crippen molar-refractivity contribution in [2.75, 3.05) is 7.11 Å². The lowest BCUT2D eigenvalue weighted by Crippen LogP contribution is -2.15. The molecule has 0 saturated carbocycles. The van der Waals surface area contributed by atoms with Gasteiger partial charge in [0, 0.05) is 18.7 Å². The number of carboxylic acid groups (broad SMARTS) is 1. The van der Waals surface area contributed by atoms with E-state index in [0.29, 0.717) is 18.8 Å². The third-order valence-corrected chi connectivity index (χ3v) is 3.87. The second-order valence-electron chi connectivity index (χ2n) is 5.48. The van der Waals surface area contributed by atoms with E-state index in [1.54, 1.807) is 7.11 Å². The van der Waals surface area contributed by atoms with Gasteiger partial charge in [-0.05, 0) is 17.2 Å². The zero-order valence-electron chi connectivity index (χ0n) is 13.7. The summed E-state index contributed by atoms with van der Waals surface area (Å²) in [7, 11) is 1.66. The quantitative estimate of drug-likeness (QED) is 0.687. The number of benzene rings is 2. The van der Waals surface area contributed by atoms with Crippen molar-refractivity contribution in [3.63, 3.8) is 0 Å². The Labute approximate surface area is 145 Å². The molecule has 6 nitrogen and oxygen atoms in total. The Morgan fingerprint density at radius 1 is 1.16 bits per heavy atom. The highest BCUT2D eigenvalue weighted by molar-refractivity contribution is 5.88. The first kappa shape index (κ1) is 16.7. The van der Waals surface area contributed by atoms with Crippen LogP contribution in [0.1, 0.15) is 21.6 Å². The van der Waals surface area contributed by atoms with Gasteiger partial charge in [0.1, 0.15) is 23.3 Å². The van der Waals surface area contributed by atoms with Gasteiger partial charge in [-0.1, -0.05) is 47.6 Å². The second kappa shape index (κ2) is 7.63. The molecule has 0 aliphatic heterocycles. The zero-order valence-corrected chi connectivity index (χ0v) is 13.7. The summed E-state index contributed by atoms with van der Waals surface area (Å²) in [6.07, 6.45) is 1.14. The van der Waals surface area contributed by atoms with Crippen LogP contribution in [0, 0.1) is 0 Å². The summed E-state index contributed by atoms with van der Waals surface area (Å²) >= 11 is 0. The van der Waals surface area contributed by atoms with Crippen LogP contribution in [0.5, 0.6) is 5.75 Å². The van der Waals surface area contributed by atoms with Gasteiger partial charge >= 0.3 is 5.97 Å². The highest BCUT2D eigenvalue weighted by atomic mass is 16.5. The van der Waals surface area contributed by atoms with Gasteiger partial charge in [0.15, 0.2) is 0 Å². The smallest absolute Gasteiger partial charge is 0.341 e. The Morgan fingerprint density at radius 3 is 2.64 bits per heavy atom. The number of carboxylic acids is 1. The number of hydrogen-bond acceptors (Lipinski definition) is 5. The minimum absolute atomic E-state index is 0.0824. The van der Waals surface area contributed by atoms with Crippen LogP contribution < -0.4 is 10.1 Å². The largest absolute Gasteiger partial charge is 0.496 e. The van der Waals surface area contributed by atoms with Crippen LogP contribution in [0.4, 0.5) is 0 Å². The maximum Gasteiger partial charge on any atom is 0.341 e.